The van der Waals surface area contributed by atoms with Crippen LogP contribution in [0.2, 0.25) is 0 Å². The highest BCUT2D eigenvalue weighted by Crippen LogP contribution is 2.44. The van der Waals surface area contributed by atoms with Crippen LogP contribution in [0.15, 0.2) is 64.4 Å². The Kier molecular flexibility index (Phi) is 6.15. The molecule has 0 saturated heterocycles. The lowest BCUT2D eigenvalue weighted by Gasteiger charge is -2.28. The van der Waals surface area contributed by atoms with Crippen LogP contribution in [-0.4, -0.2) is 33.5 Å². The lowest BCUT2D eigenvalue weighted by atomic mass is 9.90. The molecule has 0 saturated carbocycles. The van der Waals surface area contributed by atoms with Gasteiger partial charge in [0, 0.05) is 29.7 Å². The number of nitrogens with zero attached hydrogens (tertiary/aromatic N) is 4. The Labute approximate surface area is 195 Å². The van der Waals surface area contributed by atoms with E-state index in [1.165, 1.54) is 4.90 Å². The molecule has 1 amide bonds. The highest BCUT2D eigenvalue weighted by atomic mass is 16.5. The summed E-state index contributed by atoms with van der Waals surface area (Å²) < 4.78 is 10.6. The summed E-state index contributed by atoms with van der Waals surface area (Å²) in [4.78, 5) is 31.9. The van der Waals surface area contributed by atoms with Gasteiger partial charge in [0.25, 0.3) is 5.91 Å². The van der Waals surface area contributed by atoms with Gasteiger partial charge in [0.15, 0.2) is 18.1 Å². The predicted octanol–water partition coefficient (Wildman–Crippen LogP) is 4.07. The average molecular weight is 458 g/mol. The molecule has 172 valence electrons. The maximum atomic E-state index is 13.2. The summed E-state index contributed by atoms with van der Waals surface area (Å²) in [5, 5.41) is 23.7. The first kappa shape index (κ1) is 22.7. The van der Waals surface area contributed by atoms with Gasteiger partial charge in [-0.25, -0.2) is 0 Å². The fraction of sp³-hybridized carbons (Fsp3) is 0.240. The van der Waals surface area contributed by atoms with Crippen molar-refractivity contribution in [2.24, 2.45) is 5.92 Å². The van der Waals surface area contributed by atoms with Crippen molar-refractivity contribution in [2.45, 2.75) is 26.8 Å². The molecule has 0 bridgehead atoms. The number of carbonyl (C=O) groups is 2. The van der Waals surface area contributed by atoms with Gasteiger partial charge in [0.2, 0.25) is 11.7 Å². The van der Waals surface area contributed by atoms with Crippen molar-refractivity contribution in [1.82, 2.24) is 10.1 Å². The fourth-order valence-corrected chi connectivity index (χ4v) is 3.86. The number of amides is 1. The van der Waals surface area contributed by atoms with Crippen LogP contribution >= 0.6 is 0 Å². The van der Waals surface area contributed by atoms with Crippen LogP contribution in [0.1, 0.15) is 31.3 Å². The molecule has 1 aliphatic heterocycles. The summed E-state index contributed by atoms with van der Waals surface area (Å²) in [5.74, 6) is -0.941. The molecule has 2 aromatic carbocycles. The second-order valence-electron chi connectivity index (χ2n) is 8.03. The fourth-order valence-electron chi connectivity index (χ4n) is 3.86. The average Bonchev–Trinajstić information content (AvgIpc) is 3.38. The van der Waals surface area contributed by atoms with Gasteiger partial charge < -0.3 is 14.4 Å². The van der Waals surface area contributed by atoms with Gasteiger partial charge >= 0.3 is 0 Å². The lowest BCUT2D eigenvalue weighted by molar-refractivity contribution is -0.119. The first-order valence-corrected chi connectivity index (χ1v) is 10.6. The van der Waals surface area contributed by atoms with Crippen LogP contribution < -0.4 is 9.64 Å². The number of benzene rings is 2. The number of para-hydroxylation sites is 1. The highest BCUT2D eigenvalue weighted by molar-refractivity contribution is 6.17. The molecule has 9 heteroatoms. The molecule has 4 rings (SSSR count). The maximum Gasteiger partial charge on any atom is 0.294 e. The number of aromatic nitrogens is 2. The van der Waals surface area contributed by atoms with Gasteiger partial charge in [0.1, 0.15) is 11.8 Å². The standard InChI is InChI=1S/C25H22N4O5/c1-14(2)22(30)20-21(18-6-4-5-7-19(18)33-13-12-26)29(25(32)23(20)31)17-10-8-16(9-11-17)24-27-15(3)34-28-24/h4-11,14,21,31H,13H2,1-3H3. The van der Waals surface area contributed by atoms with Crippen LogP contribution in [0.25, 0.3) is 11.4 Å². The predicted molar refractivity (Wildman–Crippen MR) is 122 cm³/mol. The molecule has 1 unspecified atom stereocenters. The molecule has 0 radical (unpaired) electrons. The maximum absolute atomic E-state index is 13.2. The van der Waals surface area contributed by atoms with E-state index in [9.17, 15) is 14.7 Å². The van der Waals surface area contributed by atoms with Crippen LogP contribution in [0.5, 0.6) is 5.75 Å². The van der Waals surface area contributed by atoms with E-state index in [2.05, 4.69) is 10.1 Å². The number of aryl methyl sites for hydroxylation is 1. The molecule has 1 atom stereocenters. The van der Waals surface area contributed by atoms with E-state index in [0.29, 0.717) is 34.3 Å². The number of rotatable bonds is 7. The van der Waals surface area contributed by atoms with E-state index in [1.54, 1.807) is 69.3 Å². The van der Waals surface area contributed by atoms with Crippen molar-refractivity contribution in [2.75, 3.05) is 11.5 Å². The van der Waals surface area contributed by atoms with Gasteiger partial charge in [-0.15, -0.1) is 0 Å². The first-order chi connectivity index (χ1) is 16.3. The second-order valence-corrected chi connectivity index (χ2v) is 8.03. The quantitative estimate of drug-likeness (QED) is 0.561. The summed E-state index contributed by atoms with van der Waals surface area (Å²) in [7, 11) is 0. The Morgan fingerprint density at radius 1 is 1.24 bits per heavy atom. The Balaban J connectivity index is 1.83. The number of hydrogen-bond donors (Lipinski definition) is 1. The summed E-state index contributed by atoms with van der Waals surface area (Å²) in [6.45, 7) is 4.88. The number of Topliss-reactive ketones (excluding diaryl/α,β-unsaturated/α-hetero) is 1. The second kappa shape index (κ2) is 9.19. The topological polar surface area (TPSA) is 130 Å². The van der Waals surface area contributed by atoms with Crippen LogP contribution in [0, 0.1) is 24.2 Å². The number of aliphatic hydroxyl groups is 1. The number of carbonyl (C=O) groups excluding carboxylic acids is 2. The van der Waals surface area contributed by atoms with Gasteiger partial charge in [-0.1, -0.05) is 37.2 Å². The van der Waals surface area contributed by atoms with Crippen LogP contribution in [0.3, 0.4) is 0 Å². The lowest BCUT2D eigenvalue weighted by Crippen LogP contribution is -2.31. The van der Waals surface area contributed by atoms with Crippen molar-refractivity contribution < 1.29 is 24.0 Å². The normalized spacial score (nSPS) is 15.7. The van der Waals surface area contributed by atoms with Crippen molar-refractivity contribution in [1.29, 1.82) is 5.26 Å². The summed E-state index contributed by atoms with van der Waals surface area (Å²) in [5.41, 5.74) is 1.60. The highest BCUT2D eigenvalue weighted by Gasteiger charge is 2.45. The van der Waals surface area contributed by atoms with Crippen LogP contribution in [0.4, 0.5) is 5.69 Å². The van der Waals surface area contributed by atoms with E-state index in [0.717, 1.165) is 0 Å². The Bertz CT molecular complexity index is 1320. The Morgan fingerprint density at radius 2 is 1.94 bits per heavy atom. The SMILES string of the molecule is Cc1nc(-c2ccc(N3C(=O)C(O)=C(C(=O)C(C)C)C3c3ccccc3OCC#N)cc2)no1. The van der Waals surface area contributed by atoms with E-state index >= 15 is 0 Å². The van der Waals surface area contributed by atoms with Gasteiger partial charge in [-0.3, -0.25) is 14.5 Å². The molecule has 0 spiro atoms. The molecule has 0 aliphatic carbocycles. The number of ketones is 1. The number of anilines is 1. The minimum atomic E-state index is -0.935. The smallest absolute Gasteiger partial charge is 0.294 e. The monoisotopic (exact) mass is 458 g/mol. The van der Waals surface area contributed by atoms with E-state index in [1.807, 2.05) is 6.07 Å². The van der Waals surface area contributed by atoms with E-state index < -0.39 is 23.6 Å². The zero-order chi connectivity index (χ0) is 24.4. The Hall–Kier alpha value is -4.45. The van der Waals surface area contributed by atoms with Gasteiger partial charge in [0.05, 0.1) is 11.6 Å². The molecule has 9 nitrogen and oxygen atoms in total. The molecule has 1 N–H and O–H groups in total. The minimum absolute atomic E-state index is 0.00845. The molecule has 2 heterocycles. The third-order valence-electron chi connectivity index (χ3n) is 5.44. The molecular weight excluding hydrogens is 436 g/mol. The van der Waals surface area contributed by atoms with Crippen molar-refractivity contribution in [3.05, 3.63) is 71.3 Å². The van der Waals surface area contributed by atoms with Crippen molar-refractivity contribution in [3.63, 3.8) is 0 Å². The third-order valence-corrected chi connectivity index (χ3v) is 5.44. The molecule has 1 aliphatic rings. The Morgan fingerprint density at radius 3 is 2.56 bits per heavy atom. The van der Waals surface area contributed by atoms with Crippen molar-refractivity contribution in [3.8, 4) is 23.2 Å². The summed E-state index contributed by atoms with van der Waals surface area (Å²) in [6, 6.07) is 14.6. The van der Waals surface area contributed by atoms with E-state index in [-0.39, 0.29) is 18.0 Å². The number of nitriles is 1. The first-order valence-electron chi connectivity index (χ1n) is 10.6. The molecular formula is C25H22N4O5. The largest absolute Gasteiger partial charge is 0.503 e. The van der Waals surface area contributed by atoms with E-state index in [4.69, 9.17) is 14.5 Å². The number of aliphatic hydroxyl groups excluding tert-OH is 1. The van der Waals surface area contributed by atoms with Gasteiger partial charge in [-0.05, 0) is 30.3 Å². The number of hydrogen-bond acceptors (Lipinski definition) is 8. The zero-order valence-electron chi connectivity index (χ0n) is 18.8. The summed E-state index contributed by atoms with van der Waals surface area (Å²) in [6.07, 6.45) is 0. The molecule has 1 aromatic heterocycles. The zero-order valence-corrected chi connectivity index (χ0v) is 18.8. The molecule has 3 aromatic rings. The molecule has 34 heavy (non-hydrogen) atoms. The molecule has 0 fully saturated rings. The van der Waals surface area contributed by atoms with Crippen LogP contribution in [-0.2, 0) is 9.59 Å². The third kappa shape index (κ3) is 4.01. The van der Waals surface area contributed by atoms with Crippen molar-refractivity contribution >= 4 is 17.4 Å². The number of ether oxygens (including phenoxy) is 1. The van der Waals surface area contributed by atoms with Gasteiger partial charge in [-0.2, -0.15) is 10.2 Å². The summed E-state index contributed by atoms with van der Waals surface area (Å²) >= 11 is 0. The minimum Gasteiger partial charge on any atom is -0.503 e.